The number of carbonyl (C=O) groups excluding carboxylic acids is 1. The summed E-state index contributed by atoms with van der Waals surface area (Å²) >= 11 is 0. The smallest absolute Gasteiger partial charge is 0.327 e. The average molecular weight is 301 g/mol. The van der Waals surface area contributed by atoms with Crippen LogP contribution in [0.2, 0.25) is 0 Å². The van der Waals surface area contributed by atoms with Gasteiger partial charge in [-0.3, -0.25) is 9.78 Å². The number of rotatable bonds is 5. The predicted octanol–water partition coefficient (Wildman–Crippen LogP) is 2.34. The van der Waals surface area contributed by atoms with Crippen LogP contribution in [0.4, 0.5) is 13.2 Å². The second-order valence-corrected chi connectivity index (χ2v) is 5.37. The Morgan fingerprint density at radius 3 is 2.71 bits per heavy atom. The number of hydrogen-bond donors (Lipinski definition) is 1. The van der Waals surface area contributed by atoms with E-state index in [1.807, 2.05) is 0 Å². The zero-order chi connectivity index (χ0) is 15.6. The normalized spacial score (nSPS) is 16.6. The lowest BCUT2D eigenvalue weighted by molar-refractivity contribution is -0.144. The lowest BCUT2D eigenvalue weighted by Gasteiger charge is -2.30. The molecule has 0 saturated heterocycles. The van der Waals surface area contributed by atoms with Gasteiger partial charge >= 0.3 is 6.18 Å². The SMILES string of the molecule is CC(C1CC1)N(CC(F)(F)F)C(=O)c1ccnc(CN)c1. The summed E-state index contributed by atoms with van der Waals surface area (Å²) < 4.78 is 38.2. The van der Waals surface area contributed by atoms with Crippen molar-refractivity contribution in [2.75, 3.05) is 6.54 Å². The van der Waals surface area contributed by atoms with Crippen LogP contribution in [-0.2, 0) is 6.54 Å². The Balaban J connectivity index is 2.23. The number of carbonyl (C=O) groups is 1. The van der Waals surface area contributed by atoms with Crippen LogP contribution in [0.3, 0.4) is 0 Å². The number of pyridine rings is 1. The molecule has 2 N–H and O–H groups in total. The van der Waals surface area contributed by atoms with E-state index in [2.05, 4.69) is 4.98 Å². The molecule has 0 bridgehead atoms. The number of alkyl halides is 3. The molecule has 0 spiro atoms. The highest BCUT2D eigenvalue weighted by molar-refractivity contribution is 5.94. The molecule has 1 aliphatic rings. The van der Waals surface area contributed by atoms with Gasteiger partial charge in [0.15, 0.2) is 0 Å². The Labute approximate surface area is 121 Å². The molecule has 0 aromatic carbocycles. The maximum atomic E-state index is 12.7. The topological polar surface area (TPSA) is 59.2 Å². The van der Waals surface area contributed by atoms with Gasteiger partial charge in [-0.15, -0.1) is 0 Å². The first-order chi connectivity index (χ1) is 9.81. The maximum Gasteiger partial charge on any atom is 0.406 e. The van der Waals surface area contributed by atoms with E-state index in [0.717, 1.165) is 17.7 Å². The molecule has 1 unspecified atom stereocenters. The Morgan fingerprint density at radius 2 is 2.19 bits per heavy atom. The van der Waals surface area contributed by atoms with Crippen LogP contribution >= 0.6 is 0 Å². The van der Waals surface area contributed by atoms with Crippen molar-refractivity contribution < 1.29 is 18.0 Å². The summed E-state index contributed by atoms with van der Waals surface area (Å²) in [6.07, 6.45) is -1.29. The largest absolute Gasteiger partial charge is 0.406 e. The quantitative estimate of drug-likeness (QED) is 0.908. The lowest BCUT2D eigenvalue weighted by atomic mass is 10.1. The van der Waals surface area contributed by atoms with Crippen molar-refractivity contribution in [3.63, 3.8) is 0 Å². The number of halogens is 3. The molecular formula is C14H18F3N3O. The summed E-state index contributed by atoms with van der Waals surface area (Å²) in [5.41, 5.74) is 6.12. The molecule has 1 amide bonds. The number of nitrogens with two attached hydrogens (primary N) is 1. The highest BCUT2D eigenvalue weighted by Gasteiger charge is 2.40. The second kappa shape index (κ2) is 6.01. The molecule has 116 valence electrons. The van der Waals surface area contributed by atoms with Crippen LogP contribution in [0.1, 0.15) is 35.8 Å². The molecule has 1 atom stereocenters. The second-order valence-electron chi connectivity index (χ2n) is 5.37. The number of aromatic nitrogens is 1. The molecule has 4 nitrogen and oxygen atoms in total. The summed E-state index contributed by atoms with van der Waals surface area (Å²) in [6, 6.07) is 2.45. The van der Waals surface area contributed by atoms with E-state index in [4.69, 9.17) is 5.73 Å². The van der Waals surface area contributed by atoms with E-state index < -0.39 is 24.7 Å². The Morgan fingerprint density at radius 1 is 1.52 bits per heavy atom. The van der Waals surface area contributed by atoms with E-state index in [9.17, 15) is 18.0 Å². The van der Waals surface area contributed by atoms with Gasteiger partial charge in [0, 0.05) is 24.3 Å². The molecule has 2 rings (SSSR count). The van der Waals surface area contributed by atoms with Gasteiger partial charge in [-0.1, -0.05) is 0 Å². The first kappa shape index (κ1) is 15.8. The molecule has 7 heteroatoms. The molecule has 1 aromatic rings. The molecule has 1 heterocycles. The maximum absolute atomic E-state index is 12.7. The minimum absolute atomic E-state index is 0.137. The first-order valence-electron chi connectivity index (χ1n) is 6.84. The lowest BCUT2D eigenvalue weighted by Crippen LogP contribution is -2.45. The fourth-order valence-corrected chi connectivity index (χ4v) is 2.32. The predicted molar refractivity (Wildman–Crippen MR) is 71.4 cm³/mol. The summed E-state index contributed by atoms with van der Waals surface area (Å²) in [7, 11) is 0. The third-order valence-electron chi connectivity index (χ3n) is 3.68. The van der Waals surface area contributed by atoms with Crippen molar-refractivity contribution in [3.05, 3.63) is 29.6 Å². The monoisotopic (exact) mass is 301 g/mol. The Bertz CT molecular complexity index is 514. The van der Waals surface area contributed by atoms with Crippen molar-refractivity contribution in [1.29, 1.82) is 0 Å². The van der Waals surface area contributed by atoms with Crippen molar-refractivity contribution in [2.45, 2.75) is 38.5 Å². The molecule has 21 heavy (non-hydrogen) atoms. The van der Waals surface area contributed by atoms with Gasteiger partial charge in [0.2, 0.25) is 0 Å². The van der Waals surface area contributed by atoms with E-state index in [1.54, 1.807) is 6.92 Å². The molecular weight excluding hydrogens is 283 g/mol. The summed E-state index contributed by atoms with van der Waals surface area (Å²) in [5.74, 6) is -0.462. The fourth-order valence-electron chi connectivity index (χ4n) is 2.32. The van der Waals surface area contributed by atoms with Crippen molar-refractivity contribution in [3.8, 4) is 0 Å². The van der Waals surface area contributed by atoms with E-state index >= 15 is 0 Å². The van der Waals surface area contributed by atoms with Gasteiger partial charge in [-0.05, 0) is 37.8 Å². The van der Waals surface area contributed by atoms with Crippen molar-refractivity contribution in [1.82, 2.24) is 9.88 Å². The number of nitrogens with zero attached hydrogens (tertiary/aromatic N) is 2. The average Bonchev–Trinajstić information content (AvgIpc) is 3.27. The van der Waals surface area contributed by atoms with Gasteiger partial charge in [-0.2, -0.15) is 13.2 Å². The van der Waals surface area contributed by atoms with Crippen LogP contribution in [0.5, 0.6) is 0 Å². The van der Waals surface area contributed by atoms with Gasteiger partial charge in [0.25, 0.3) is 5.91 Å². The zero-order valence-corrected chi connectivity index (χ0v) is 11.7. The molecule has 0 aliphatic heterocycles. The molecule has 1 saturated carbocycles. The minimum Gasteiger partial charge on any atom is -0.327 e. The highest BCUT2D eigenvalue weighted by Crippen LogP contribution is 2.36. The summed E-state index contributed by atoms with van der Waals surface area (Å²) in [6.45, 7) is 0.578. The Kier molecular flexibility index (Phi) is 4.51. The van der Waals surface area contributed by atoms with E-state index in [1.165, 1.54) is 18.3 Å². The first-order valence-corrected chi connectivity index (χ1v) is 6.84. The van der Waals surface area contributed by atoms with Crippen molar-refractivity contribution >= 4 is 5.91 Å². The zero-order valence-electron chi connectivity index (χ0n) is 11.7. The third kappa shape index (κ3) is 4.17. The summed E-state index contributed by atoms with van der Waals surface area (Å²) in [5, 5.41) is 0. The fraction of sp³-hybridized carbons (Fsp3) is 0.571. The third-order valence-corrected chi connectivity index (χ3v) is 3.68. The Hall–Kier alpha value is -1.63. The summed E-state index contributed by atoms with van der Waals surface area (Å²) in [4.78, 5) is 17.3. The molecule has 0 radical (unpaired) electrons. The highest BCUT2D eigenvalue weighted by atomic mass is 19.4. The van der Waals surface area contributed by atoms with Crippen LogP contribution in [-0.4, -0.2) is 34.6 Å². The molecule has 1 aromatic heterocycles. The molecule has 1 aliphatic carbocycles. The standard InChI is InChI=1S/C14H18F3N3O/c1-9(10-2-3-10)20(8-14(15,16)17)13(21)11-4-5-19-12(6-11)7-18/h4-6,9-10H,2-3,7-8,18H2,1H3. The number of hydrogen-bond acceptors (Lipinski definition) is 3. The van der Waals surface area contributed by atoms with Crippen LogP contribution in [0, 0.1) is 5.92 Å². The molecule has 1 fully saturated rings. The van der Waals surface area contributed by atoms with Gasteiger partial charge in [0.05, 0.1) is 5.69 Å². The van der Waals surface area contributed by atoms with Crippen LogP contribution in [0.15, 0.2) is 18.3 Å². The van der Waals surface area contributed by atoms with Crippen LogP contribution in [0.25, 0.3) is 0 Å². The van der Waals surface area contributed by atoms with Crippen molar-refractivity contribution in [2.24, 2.45) is 11.7 Å². The minimum atomic E-state index is -4.41. The van der Waals surface area contributed by atoms with Gasteiger partial charge in [-0.25, -0.2) is 0 Å². The van der Waals surface area contributed by atoms with E-state index in [-0.39, 0.29) is 18.0 Å². The number of amides is 1. The van der Waals surface area contributed by atoms with E-state index in [0.29, 0.717) is 5.69 Å². The van der Waals surface area contributed by atoms with Gasteiger partial charge in [0.1, 0.15) is 6.54 Å². The van der Waals surface area contributed by atoms with Gasteiger partial charge < -0.3 is 10.6 Å². The van der Waals surface area contributed by atoms with Crippen LogP contribution < -0.4 is 5.73 Å².